The van der Waals surface area contributed by atoms with E-state index in [0.29, 0.717) is 6.54 Å². The molecular weight excluding hydrogens is 212 g/mol. The lowest BCUT2D eigenvalue weighted by Crippen LogP contribution is -2.25. The second kappa shape index (κ2) is 4.47. The molecule has 0 saturated carbocycles. The van der Waals surface area contributed by atoms with Gasteiger partial charge in [-0.2, -0.15) is 0 Å². The highest BCUT2D eigenvalue weighted by molar-refractivity contribution is 5.76. The minimum absolute atomic E-state index is 0.0216. The Labute approximate surface area is 102 Å². The summed E-state index contributed by atoms with van der Waals surface area (Å²) in [4.78, 5) is 4.52. The molecule has 92 valence electrons. The molecule has 0 saturated heterocycles. The Hall–Kier alpha value is -1.39. The molecular formula is C13H20N4. The van der Waals surface area contributed by atoms with Crippen molar-refractivity contribution in [2.24, 2.45) is 24.4 Å². The van der Waals surface area contributed by atoms with Gasteiger partial charge >= 0.3 is 0 Å². The summed E-state index contributed by atoms with van der Waals surface area (Å²) in [5, 5.41) is 0. The van der Waals surface area contributed by atoms with E-state index >= 15 is 0 Å². The zero-order valence-electron chi connectivity index (χ0n) is 10.6. The predicted molar refractivity (Wildman–Crippen MR) is 70.6 cm³/mol. The molecule has 17 heavy (non-hydrogen) atoms. The second-order valence-electron chi connectivity index (χ2n) is 4.70. The summed E-state index contributed by atoms with van der Waals surface area (Å²) in [5.41, 5.74) is 15.1. The molecule has 0 aliphatic heterocycles. The topological polar surface area (TPSA) is 69.9 Å². The molecule has 4 nitrogen and oxygen atoms in total. The zero-order valence-corrected chi connectivity index (χ0v) is 10.6. The molecule has 0 spiro atoms. The van der Waals surface area contributed by atoms with Gasteiger partial charge in [-0.1, -0.05) is 13.0 Å². The van der Waals surface area contributed by atoms with Crippen molar-refractivity contribution in [1.82, 2.24) is 9.55 Å². The maximum absolute atomic E-state index is 6.17. The molecule has 1 aromatic heterocycles. The Bertz CT molecular complexity index is 529. The molecule has 2 unspecified atom stereocenters. The highest BCUT2D eigenvalue weighted by Crippen LogP contribution is 2.23. The van der Waals surface area contributed by atoms with Gasteiger partial charge in [-0.05, 0) is 37.1 Å². The zero-order chi connectivity index (χ0) is 12.6. The van der Waals surface area contributed by atoms with Crippen LogP contribution in [0.1, 0.15) is 24.4 Å². The fraction of sp³-hybridized carbons (Fsp3) is 0.462. The first-order chi connectivity index (χ1) is 8.04. The van der Waals surface area contributed by atoms with Gasteiger partial charge in [0, 0.05) is 13.1 Å². The Morgan fingerprint density at radius 2 is 2.12 bits per heavy atom. The van der Waals surface area contributed by atoms with Crippen molar-refractivity contribution in [2.45, 2.75) is 19.9 Å². The Morgan fingerprint density at radius 3 is 2.76 bits per heavy atom. The lowest BCUT2D eigenvalue weighted by molar-refractivity contribution is 0.481. The van der Waals surface area contributed by atoms with Crippen LogP contribution in [0.3, 0.4) is 0 Å². The van der Waals surface area contributed by atoms with E-state index in [1.54, 1.807) is 0 Å². The first-order valence-electron chi connectivity index (χ1n) is 5.93. The summed E-state index contributed by atoms with van der Waals surface area (Å²) in [6.07, 6.45) is 0. The number of aromatic nitrogens is 2. The molecule has 4 heteroatoms. The molecule has 1 aromatic carbocycles. The van der Waals surface area contributed by atoms with Crippen LogP contribution in [0.4, 0.5) is 0 Å². The quantitative estimate of drug-likeness (QED) is 0.842. The first kappa shape index (κ1) is 12.1. The summed E-state index contributed by atoms with van der Waals surface area (Å²) in [6.45, 7) is 4.67. The Balaban J connectivity index is 2.44. The number of hydrogen-bond acceptors (Lipinski definition) is 3. The number of imidazole rings is 1. The van der Waals surface area contributed by atoms with Gasteiger partial charge in [0.2, 0.25) is 0 Å². The molecule has 0 aliphatic carbocycles. The third kappa shape index (κ3) is 2.06. The smallest absolute Gasteiger partial charge is 0.106 e. The van der Waals surface area contributed by atoms with Gasteiger partial charge in [0.25, 0.3) is 0 Å². The number of nitrogens with zero attached hydrogens (tertiary/aromatic N) is 2. The van der Waals surface area contributed by atoms with Gasteiger partial charge in [0.15, 0.2) is 0 Å². The van der Waals surface area contributed by atoms with Crippen LogP contribution in [-0.2, 0) is 7.05 Å². The lowest BCUT2D eigenvalue weighted by atomic mass is 9.95. The standard InChI is InChI=1S/C13H20N4/c1-8(7-14)13(15)10-4-5-12-11(6-10)16-9(2)17(12)3/h4-6,8,13H,7,14-15H2,1-3H3. The molecule has 0 aliphatic rings. The number of nitrogens with two attached hydrogens (primary N) is 2. The van der Waals surface area contributed by atoms with E-state index in [1.807, 2.05) is 14.0 Å². The normalized spacial score (nSPS) is 15.1. The summed E-state index contributed by atoms with van der Waals surface area (Å²) in [6, 6.07) is 6.19. The summed E-state index contributed by atoms with van der Waals surface area (Å²) >= 11 is 0. The van der Waals surface area contributed by atoms with Crippen LogP contribution in [0, 0.1) is 12.8 Å². The Morgan fingerprint density at radius 1 is 1.41 bits per heavy atom. The van der Waals surface area contributed by atoms with E-state index < -0.39 is 0 Å². The van der Waals surface area contributed by atoms with Crippen molar-refractivity contribution in [3.05, 3.63) is 29.6 Å². The van der Waals surface area contributed by atoms with Gasteiger partial charge < -0.3 is 16.0 Å². The van der Waals surface area contributed by atoms with E-state index in [0.717, 1.165) is 22.4 Å². The van der Waals surface area contributed by atoms with Crippen LogP contribution in [0.25, 0.3) is 11.0 Å². The van der Waals surface area contributed by atoms with Crippen LogP contribution in [0.15, 0.2) is 18.2 Å². The van der Waals surface area contributed by atoms with Crippen LogP contribution < -0.4 is 11.5 Å². The highest BCUT2D eigenvalue weighted by Gasteiger charge is 2.14. The third-order valence-corrected chi connectivity index (χ3v) is 3.50. The number of rotatable bonds is 3. The number of benzene rings is 1. The van der Waals surface area contributed by atoms with Crippen molar-refractivity contribution in [3.63, 3.8) is 0 Å². The number of hydrogen-bond donors (Lipinski definition) is 2. The van der Waals surface area contributed by atoms with Crippen LogP contribution in [0.5, 0.6) is 0 Å². The fourth-order valence-electron chi connectivity index (χ4n) is 2.02. The maximum atomic E-state index is 6.17. The summed E-state index contributed by atoms with van der Waals surface area (Å²) < 4.78 is 2.08. The van der Waals surface area contributed by atoms with E-state index in [-0.39, 0.29) is 12.0 Å². The van der Waals surface area contributed by atoms with Crippen molar-refractivity contribution < 1.29 is 0 Å². The van der Waals surface area contributed by atoms with Crippen LogP contribution in [0.2, 0.25) is 0 Å². The third-order valence-electron chi connectivity index (χ3n) is 3.50. The molecule has 0 bridgehead atoms. The SMILES string of the molecule is Cc1nc2cc(C(N)C(C)CN)ccc2n1C. The monoisotopic (exact) mass is 232 g/mol. The molecule has 0 fully saturated rings. The molecule has 2 rings (SSSR count). The van der Waals surface area contributed by atoms with E-state index in [9.17, 15) is 0 Å². The van der Waals surface area contributed by atoms with Crippen molar-refractivity contribution in [3.8, 4) is 0 Å². The predicted octanol–water partition coefficient (Wildman–Crippen LogP) is 1.48. The van der Waals surface area contributed by atoms with E-state index in [2.05, 4.69) is 34.7 Å². The number of aryl methyl sites for hydroxylation is 2. The van der Waals surface area contributed by atoms with Gasteiger partial charge in [0.1, 0.15) is 5.82 Å². The first-order valence-corrected chi connectivity index (χ1v) is 5.93. The molecule has 1 heterocycles. The van der Waals surface area contributed by atoms with E-state index in [1.165, 1.54) is 0 Å². The van der Waals surface area contributed by atoms with Crippen molar-refractivity contribution in [1.29, 1.82) is 0 Å². The van der Waals surface area contributed by atoms with Gasteiger partial charge in [-0.25, -0.2) is 4.98 Å². The van der Waals surface area contributed by atoms with E-state index in [4.69, 9.17) is 11.5 Å². The van der Waals surface area contributed by atoms with Crippen LogP contribution in [-0.4, -0.2) is 16.1 Å². The lowest BCUT2D eigenvalue weighted by Gasteiger charge is -2.18. The minimum Gasteiger partial charge on any atom is -0.331 e. The van der Waals surface area contributed by atoms with Gasteiger partial charge in [-0.15, -0.1) is 0 Å². The number of fused-ring (bicyclic) bond motifs is 1. The second-order valence-corrected chi connectivity index (χ2v) is 4.70. The van der Waals surface area contributed by atoms with Crippen molar-refractivity contribution >= 4 is 11.0 Å². The Kier molecular flexibility index (Phi) is 3.17. The average molecular weight is 232 g/mol. The maximum Gasteiger partial charge on any atom is 0.106 e. The summed E-state index contributed by atoms with van der Waals surface area (Å²) in [5.74, 6) is 1.29. The minimum atomic E-state index is -0.0216. The fourth-order valence-corrected chi connectivity index (χ4v) is 2.02. The summed E-state index contributed by atoms with van der Waals surface area (Å²) in [7, 11) is 2.02. The molecule has 0 radical (unpaired) electrons. The molecule has 2 atom stereocenters. The van der Waals surface area contributed by atoms with Gasteiger partial charge in [0.05, 0.1) is 11.0 Å². The molecule has 0 amide bonds. The molecule has 2 aromatic rings. The van der Waals surface area contributed by atoms with Gasteiger partial charge in [-0.3, -0.25) is 0 Å². The van der Waals surface area contributed by atoms with Crippen molar-refractivity contribution in [2.75, 3.05) is 6.54 Å². The average Bonchev–Trinajstić information content (AvgIpc) is 2.62. The highest BCUT2D eigenvalue weighted by atomic mass is 15.0. The largest absolute Gasteiger partial charge is 0.331 e. The van der Waals surface area contributed by atoms with Crippen LogP contribution >= 0.6 is 0 Å². The molecule has 4 N–H and O–H groups in total.